The van der Waals surface area contributed by atoms with Gasteiger partial charge in [0.25, 0.3) is 6.33 Å². The van der Waals surface area contributed by atoms with Crippen LogP contribution in [0.25, 0.3) is 72.3 Å². The van der Waals surface area contributed by atoms with E-state index in [1.165, 1.54) is 0 Å². The predicted molar refractivity (Wildman–Crippen MR) is 260 cm³/mol. The van der Waals surface area contributed by atoms with Crippen molar-refractivity contribution in [3.05, 3.63) is 199 Å². The minimum atomic E-state index is -0.556. The standard InChI is InChI=1S/C58H52N4O/c1-38(2)48-36-49(39(3)4)56(41-21-12-9-13-22-41)57(55(48)40-19-10-8-11-20-40)61-37-60(51-27-16-17-28-52(51)61)43-23-18-24-44(34-43)63-45-29-30-47-46-25-14-15-26-50(46)62(53(47)35-45)54-33-42(31-32-59-54)58(5,6)7/h8-36,38-39H,1-7H3/i8D,9D,10D,11D,12D,13D,19D,20D,21D,22D. The predicted octanol–water partition coefficient (Wildman–Crippen LogP) is 14.9. The highest BCUT2D eigenvalue weighted by Gasteiger charge is 2.27. The third-order valence-corrected chi connectivity index (χ3v) is 11.7. The first kappa shape index (κ1) is 29.9. The molecule has 3 heterocycles. The minimum absolute atomic E-state index is 0.0875. The van der Waals surface area contributed by atoms with Crippen molar-refractivity contribution in [2.75, 3.05) is 0 Å². The van der Waals surface area contributed by atoms with E-state index in [2.05, 4.69) is 62.0 Å². The lowest BCUT2D eigenvalue weighted by atomic mass is 9.81. The largest absolute Gasteiger partial charge is 0.458 e. The summed E-state index contributed by atoms with van der Waals surface area (Å²) in [5.74, 6) is 1.34. The van der Waals surface area contributed by atoms with E-state index < -0.39 is 60.4 Å². The Morgan fingerprint density at radius 2 is 1.24 bits per heavy atom. The summed E-state index contributed by atoms with van der Waals surface area (Å²) in [6.45, 7) is 14.4. The van der Waals surface area contributed by atoms with Crippen LogP contribution in [0, 0.1) is 6.33 Å². The normalized spacial score (nSPS) is 14.2. The SMILES string of the molecule is [2H]c1c([2H])c([2H])c(-c2c(C(C)C)cc(C(C)C)c(-c3c([2H])c([2H])c([2H])c([2H])c3[2H])c2-[n+]2[c-]n(-c3cccc(Oc4ccc5c6ccccc6n(-c6cc(C(C)(C)C)ccn6)c5c4)c3)c3ccccc32)c([2H])c1[2H]. The molecule has 5 heteroatoms. The summed E-state index contributed by atoms with van der Waals surface area (Å²) in [6, 6.07) is 30.4. The number of fused-ring (bicyclic) bond motifs is 4. The van der Waals surface area contributed by atoms with Gasteiger partial charge in [-0.2, -0.15) is 0 Å². The number of benzene rings is 7. The summed E-state index contributed by atoms with van der Waals surface area (Å²) in [7, 11) is 0. The van der Waals surface area contributed by atoms with E-state index in [0.717, 1.165) is 33.2 Å². The first-order valence-corrected chi connectivity index (χ1v) is 21.3. The first-order chi connectivity index (χ1) is 34.7. The number of aromatic nitrogens is 4. The second kappa shape index (κ2) is 15.9. The molecule has 0 aliphatic rings. The first-order valence-electron chi connectivity index (χ1n) is 26.3. The van der Waals surface area contributed by atoms with Gasteiger partial charge in [-0.05, 0) is 105 Å². The topological polar surface area (TPSA) is 35.9 Å². The van der Waals surface area contributed by atoms with Gasteiger partial charge in [-0.1, -0.05) is 163 Å². The lowest BCUT2D eigenvalue weighted by molar-refractivity contribution is -0.571. The zero-order valence-electron chi connectivity index (χ0n) is 46.3. The maximum absolute atomic E-state index is 9.37. The van der Waals surface area contributed by atoms with Crippen LogP contribution in [0.15, 0.2) is 176 Å². The van der Waals surface area contributed by atoms with Gasteiger partial charge in [-0.25, -0.2) is 4.98 Å². The highest BCUT2D eigenvalue weighted by atomic mass is 16.5. The van der Waals surface area contributed by atoms with Gasteiger partial charge >= 0.3 is 0 Å². The van der Waals surface area contributed by atoms with Crippen molar-refractivity contribution in [1.82, 2.24) is 14.1 Å². The quantitative estimate of drug-likeness (QED) is 0.107. The summed E-state index contributed by atoms with van der Waals surface area (Å²) >= 11 is 0. The summed E-state index contributed by atoms with van der Waals surface area (Å²) < 4.78 is 102. The zero-order chi connectivity index (χ0) is 52.1. The molecule has 3 aromatic heterocycles. The molecular weight excluding hydrogens is 769 g/mol. The van der Waals surface area contributed by atoms with Crippen molar-refractivity contribution in [3.63, 3.8) is 0 Å². The third kappa shape index (κ3) is 7.17. The highest BCUT2D eigenvalue weighted by molar-refractivity contribution is 6.09. The highest BCUT2D eigenvalue weighted by Crippen LogP contribution is 2.44. The van der Waals surface area contributed by atoms with E-state index in [1.54, 1.807) is 4.57 Å². The molecule has 0 amide bonds. The molecule has 0 atom stereocenters. The Labute approximate surface area is 384 Å². The number of pyridine rings is 1. The summed E-state index contributed by atoms with van der Waals surface area (Å²) in [5.41, 5.74) is 6.75. The molecule has 0 fully saturated rings. The molecule has 0 radical (unpaired) electrons. The zero-order valence-corrected chi connectivity index (χ0v) is 36.3. The van der Waals surface area contributed by atoms with Crippen LogP contribution in [0.5, 0.6) is 11.5 Å². The maximum atomic E-state index is 9.37. The van der Waals surface area contributed by atoms with E-state index in [0.29, 0.717) is 39.3 Å². The van der Waals surface area contributed by atoms with Crippen LogP contribution in [-0.2, 0) is 5.41 Å². The van der Waals surface area contributed by atoms with Gasteiger partial charge in [0.15, 0.2) is 0 Å². The van der Waals surface area contributed by atoms with Crippen LogP contribution in [0.2, 0.25) is 0 Å². The summed E-state index contributed by atoms with van der Waals surface area (Å²) in [5, 5.41) is 2.13. The molecule has 5 nitrogen and oxygen atoms in total. The van der Waals surface area contributed by atoms with Crippen molar-refractivity contribution in [2.24, 2.45) is 0 Å². The lowest BCUT2D eigenvalue weighted by Gasteiger charge is -2.27. The molecule has 7 aromatic carbocycles. The molecule has 63 heavy (non-hydrogen) atoms. The van der Waals surface area contributed by atoms with Gasteiger partial charge in [-0.15, -0.1) is 0 Å². The van der Waals surface area contributed by atoms with Crippen LogP contribution in [0.1, 0.15) is 90.7 Å². The molecule has 0 N–H and O–H groups in total. The Morgan fingerprint density at radius 3 is 1.90 bits per heavy atom. The minimum Gasteiger partial charge on any atom is -0.458 e. The van der Waals surface area contributed by atoms with Crippen LogP contribution >= 0.6 is 0 Å². The van der Waals surface area contributed by atoms with Crippen LogP contribution < -0.4 is 9.30 Å². The van der Waals surface area contributed by atoms with E-state index in [1.807, 2.05) is 117 Å². The monoisotopic (exact) mass is 830 g/mol. The fourth-order valence-corrected chi connectivity index (χ4v) is 8.63. The van der Waals surface area contributed by atoms with Gasteiger partial charge in [-0.3, -0.25) is 13.7 Å². The molecule has 310 valence electrons. The lowest BCUT2D eigenvalue weighted by Crippen LogP contribution is -2.32. The molecule has 0 spiro atoms. The van der Waals surface area contributed by atoms with E-state index >= 15 is 0 Å². The van der Waals surface area contributed by atoms with Crippen molar-refractivity contribution >= 4 is 32.8 Å². The number of hydrogen-bond acceptors (Lipinski definition) is 2. The average molecular weight is 831 g/mol. The second-order valence-electron chi connectivity index (χ2n) is 17.5. The number of ether oxygens (including phenoxy) is 1. The van der Waals surface area contributed by atoms with Crippen molar-refractivity contribution in [3.8, 4) is 50.9 Å². The fraction of sp³-hybridized carbons (Fsp3) is 0.172. The Morgan fingerprint density at radius 1 is 0.619 bits per heavy atom. The summed E-state index contributed by atoms with van der Waals surface area (Å²) in [4.78, 5) is 4.84. The van der Waals surface area contributed by atoms with Gasteiger partial charge in [0.2, 0.25) is 0 Å². The van der Waals surface area contributed by atoms with E-state index in [9.17, 15) is 5.48 Å². The van der Waals surface area contributed by atoms with Gasteiger partial charge < -0.3 is 4.74 Å². The fourth-order valence-electron chi connectivity index (χ4n) is 8.63. The Hall–Kier alpha value is -7.24. The van der Waals surface area contributed by atoms with Crippen molar-refractivity contribution < 1.29 is 23.0 Å². The molecule has 0 unspecified atom stereocenters. The molecule has 10 aromatic rings. The van der Waals surface area contributed by atoms with Crippen LogP contribution in [0.3, 0.4) is 0 Å². The molecular formula is C58H52N4O. The summed E-state index contributed by atoms with van der Waals surface area (Å²) in [6.07, 6.45) is 5.42. The second-order valence-corrected chi connectivity index (χ2v) is 17.5. The van der Waals surface area contributed by atoms with Crippen LogP contribution in [0.4, 0.5) is 0 Å². The smallest absolute Gasteiger partial charge is 0.269 e. The molecule has 0 bridgehead atoms. The molecule has 0 saturated carbocycles. The third-order valence-electron chi connectivity index (χ3n) is 11.7. The molecule has 0 saturated heterocycles. The van der Waals surface area contributed by atoms with Crippen molar-refractivity contribution in [1.29, 1.82) is 0 Å². The number of imidazole rings is 1. The molecule has 10 rings (SSSR count). The van der Waals surface area contributed by atoms with E-state index in [-0.39, 0.29) is 45.2 Å². The number of rotatable bonds is 9. The van der Waals surface area contributed by atoms with Crippen molar-refractivity contribution in [2.45, 2.75) is 65.7 Å². The number of para-hydroxylation sites is 3. The number of hydrogen-bond donors (Lipinski definition) is 0. The van der Waals surface area contributed by atoms with E-state index in [4.69, 9.17) is 17.9 Å². The molecule has 0 aliphatic heterocycles. The average Bonchev–Trinajstić information content (AvgIpc) is 3.92. The Balaban J connectivity index is 1.22. The van der Waals surface area contributed by atoms with Gasteiger partial charge in [0.1, 0.15) is 17.3 Å². The van der Waals surface area contributed by atoms with Crippen LogP contribution in [-0.4, -0.2) is 14.1 Å². The maximum Gasteiger partial charge on any atom is 0.269 e. The Bertz CT molecular complexity index is 3750. The Kier molecular flexibility index (Phi) is 7.55. The molecule has 0 aliphatic carbocycles. The number of nitrogens with zero attached hydrogens (tertiary/aromatic N) is 4. The van der Waals surface area contributed by atoms with Gasteiger partial charge in [0.05, 0.1) is 47.1 Å². The van der Waals surface area contributed by atoms with Gasteiger partial charge in [0, 0.05) is 23.0 Å².